The highest BCUT2D eigenvalue weighted by Gasteiger charge is 2.18. The van der Waals surface area contributed by atoms with Crippen molar-refractivity contribution in [3.05, 3.63) is 58.1 Å². The number of rotatable bonds is 4. The summed E-state index contributed by atoms with van der Waals surface area (Å²) in [4.78, 5) is 2.40. The number of phenolic OH excluding ortho intramolecular Hbond substituents is 1. The van der Waals surface area contributed by atoms with Crippen molar-refractivity contribution in [2.75, 3.05) is 20.2 Å². The minimum atomic E-state index is 0.217. The molecule has 0 bridgehead atoms. The number of ether oxygens (including phenoxy) is 1. The Labute approximate surface area is 136 Å². The van der Waals surface area contributed by atoms with Crippen LogP contribution < -0.4 is 4.74 Å². The molecular formula is C18H20ClNO2. The third kappa shape index (κ3) is 3.21. The fraction of sp³-hybridized carbons (Fsp3) is 0.333. The lowest BCUT2D eigenvalue weighted by atomic mass is 9.98. The number of benzene rings is 2. The third-order valence-electron chi connectivity index (χ3n) is 4.25. The molecule has 1 aliphatic heterocycles. The normalized spacial score (nSPS) is 14.6. The molecule has 0 aliphatic carbocycles. The molecule has 0 fully saturated rings. The second-order valence-corrected chi connectivity index (χ2v) is 6.07. The van der Waals surface area contributed by atoms with Crippen LogP contribution in [0.4, 0.5) is 0 Å². The molecule has 0 saturated heterocycles. The van der Waals surface area contributed by atoms with Gasteiger partial charge in [0.25, 0.3) is 0 Å². The van der Waals surface area contributed by atoms with Gasteiger partial charge in [-0.25, -0.2) is 0 Å². The second kappa shape index (κ2) is 6.59. The van der Waals surface area contributed by atoms with Gasteiger partial charge in [0.05, 0.1) is 7.11 Å². The van der Waals surface area contributed by atoms with Crippen molar-refractivity contribution in [1.29, 1.82) is 0 Å². The Kier molecular flexibility index (Phi) is 4.55. The topological polar surface area (TPSA) is 32.7 Å². The highest BCUT2D eigenvalue weighted by atomic mass is 35.5. The van der Waals surface area contributed by atoms with Crippen molar-refractivity contribution in [2.45, 2.75) is 19.4 Å². The molecule has 0 spiro atoms. The molecule has 3 rings (SSSR count). The summed E-state index contributed by atoms with van der Waals surface area (Å²) in [6.45, 7) is 2.85. The van der Waals surface area contributed by atoms with Gasteiger partial charge in [-0.05, 0) is 47.7 Å². The first-order chi connectivity index (χ1) is 10.7. The first kappa shape index (κ1) is 15.2. The van der Waals surface area contributed by atoms with Crippen molar-refractivity contribution in [3.8, 4) is 11.5 Å². The Hall–Kier alpha value is -1.71. The molecule has 0 amide bonds. The van der Waals surface area contributed by atoms with Crippen LogP contribution in [0.15, 0.2) is 36.4 Å². The van der Waals surface area contributed by atoms with Gasteiger partial charge in [0.2, 0.25) is 0 Å². The molecule has 3 nitrogen and oxygen atoms in total. The number of methoxy groups -OCH3 is 1. The first-order valence-corrected chi connectivity index (χ1v) is 7.89. The third-order valence-corrected chi connectivity index (χ3v) is 4.62. The maximum absolute atomic E-state index is 9.94. The number of halogens is 1. The summed E-state index contributed by atoms with van der Waals surface area (Å²) in [6.07, 6.45) is 1.92. The van der Waals surface area contributed by atoms with Gasteiger partial charge in [0.1, 0.15) is 0 Å². The number of nitrogens with zero attached hydrogens (tertiary/aromatic N) is 1. The maximum Gasteiger partial charge on any atom is 0.160 e. The van der Waals surface area contributed by atoms with E-state index in [1.54, 1.807) is 7.11 Å². The van der Waals surface area contributed by atoms with E-state index in [1.807, 2.05) is 30.3 Å². The lowest BCUT2D eigenvalue weighted by Crippen LogP contribution is -2.32. The Morgan fingerprint density at radius 2 is 2.05 bits per heavy atom. The fourth-order valence-electron chi connectivity index (χ4n) is 2.97. The highest BCUT2D eigenvalue weighted by Crippen LogP contribution is 2.32. The lowest BCUT2D eigenvalue weighted by Gasteiger charge is -2.29. The van der Waals surface area contributed by atoms with Gasteiger partial charge in [0, 0.05) is 24.7 Å². The summed E-state index contributed by atoms with van der Waals surface area (Å²) in [5, 5.41) is 10.8. The summed E-state index contributed by atoms with van der Waals surface area (Å²) in [6, 6.07) is 11.8. The van der Waals surface area contributed by atoms with Gasteiger partial charge >= 0.3 is 0 Å². The van der Waals surface area contributed by atoms with E-state index in [0.717, 1.165) is 37.5 Å². The summed E-state index contributed by atoms with van der Waals surface area (Å²) < 4.78 is 5.18. The van der Waals surface area contributed by atoms with Crippen LogP contribution in [-0.2, 0) is 19.4 Å². The summed E-state index contributed by atoms with van der Waals surface area (Å²) in [7, 11) is 1.58. The average Bonchev–Trinajstić information content (AvgIpc) is 2.53. The zero-order chi connectivity index (χ0) is 15.5. The Morgan fingerprint density at radius 3 is 2.82 bits per heavy atom. The predicted molar refractivity (Wildman–Crippen MR) is 88.8 cm³/mol. The molecule has 2 aromatic carbocycles. The number of hydrogen-bond donors (Lipinski definition) is 1. The van der Waals surface area contributed by atoms with E-state index in [4.69, 9.17) is 16.3 Å². The summed E-state index contributed by atoms with van der Waals surface area (Å²) >= 11 is 6.21. The zero-order valence-corrected chi connectivity index (χ0v) is 13.4. The number of hydrogen-bond acceptors (Lipinski definition) is 3. The van der Waals surface area contributed by atoms with Gasteiger partial charge in [0.15, 0.2) is 11.5 Å². The Balaban J connectivity index is 1.67. The fourth-order valence-corrected chi connectivity index (χ4v) is 3.20. The number of phenols is 1. The molecule has 116 valence electrons. The molecular weight excluding hydrogens is 298 g/mol. The van der Waals surface area contributed by atoms with Crippen LogP contribution >= 0.6 is 11.6 Å². The van der Waals surface area contributed by atoms with Crippen LogP contribution in [0.5, 0.6) is 11.5 Å². The molecule has 0 radical (unpaired) electrons. The molecule has 1 N–H and O–H groups in total. The first-order valence-electron chi connectivity index (χ1n) is 7.52. The SMILES string of the molecule is COc1cc2c(cc1O)CN(CCc1ccccc1Cl)CC2. The van der Waals surface area contributed by atoms with E-state index < -0.39 is 0 Å². The lowest BCUT2D eigenvalue weighted by molar-refractivity contribution is 0.256. The van der Waals surface area contributed by atoms with Crippen LogP contribution in [0, 0.1) is 0 Å². The highest BCUT2D eigenvalue weighted by molar-refractivity contribution is 6.31. The predicted octanol–water partition coefficient (Wildman–Crippen LogP) is 3.66. The van der Waals surface area contributed by atoms with Gasteiger partial charge in [-0.3, -0.25) is 4.90 Å². The number of fused-ring (bicyclic) bond motifs is 1. The molecule has 0 aromatic heterocycles. The molecule has 22 heavy (non-hydrogen) atoms. The quantitative estimate of drug-likeness (QED) is 0.934. The summed E-state index contributed by atoms with van der Waals surface area (Å²) in [5.74, 6) is 0.775. The van der Waals surface area contributed by atoms with Crippen molar-refractivity contribution in [2.24, 2.45) is 0 Å². The molecule has 0 saturated carbocycles. The van der Waals surface area contributed by atoms with E-state index >= 15 is 0 Å². The van der Waals surface area contributed by atoms with E-state index in [-0.39, 0.29) is 5.75 Å². The molecule has 2 aromatic rings. The zero-order valence-electron chi connectivity index (χ0n) is 12.7. The molecule has 4 heteroatoms. The molecule has 0 unspecified atom stereocenters. The maximum atomic E-state index is 9.94. The molecule has 0 atom stereocenters. The van der Waals surface area contributed by atoms with E-state index in [9.17, 15) is 5.11 Å². The van der Waals surface area contributed by atoms with Crippen molar-refractivity contribution in [1.82, 2.24) is 4.90 Å². The smallest absolute Gasteiger partial charge is 0.160 e. The molecule has 1 aliphatic rings. The van der Waals surface area contributed by atoms with Crippen molar-refractivity contribution < 1.29 is 9.84 Å². The van der Waals surface area contributed by atoms with Crippen LogP contribution in [-0.4, -0.2) is 30.2 Å². The van der Waals surface area contributed by atoms with Crippen molar-refractivity contribution in [3.63, 3.8) is 0 Å². The van der Waals surface area contributed by atoms with E-state index in [2.05, 4.69) is 11.0 Å². The average molecular weight is 318 g/mol. The minimum Gasteiger partial charge on any atom is -0.504 e. The Bertz CT molecular complexity index is 672. The standard InChI is InChI=1S/C18H20ClNO2/c1-22-18-11-14-7-9-20(12-15(14)10-17(18)21)8-6-13-4-2-3-5-16(13)19/h2-5,10-11,21H,6-9,12H2,1H3. The van der Waals surface area contributed by atoms with E-state index in [0.29, 0.717) is 5.75 Å². The molecule has 1 heterocycles. The van der Waals surface area contributed by atoms with Crippen LogP contribution in [0.3, 0.4) is 0 Å². The van der Waals surface area contributed by atoms with Gasteiger partial charge in [-0.15, -0.1) is 0 Å². The second-order valence-electron chi connectivity index (χ2n) is 5.66. The van der Waals surface area contributed by atoms with Crippen LogP contribution in [0.2, 0.25) is 5.02 Å². The van der Waals surface area contributed by atoms with Crippen LogP contribution in [0.1, 0.15) is 16.7 Å². The summed E-state index contributed by atoms with van der Waals surface area (Å²) in [5.41, 5.74) is 3.64. The minimum absolute atomic E-state index is 0.217. The van der Waals surface area contributed by atoms with Crippen LogP contribution in [0.25, 0.3) is 0 Å². The number of aromatic hydroxyl groups is 1. The van der Waals surface area contributed by atoms with Crippen molar-refractivity contribution >= 4 is 11.6 Å². The van der Waals surface area contributed by atoms with Gasteiger partial charge < -0.3 is 9.84 Å². The van der Waals surface area contributed by atoms with E-state index in [1.165, 1.54) is 16.7 Å². The van der Waals surface area contributed by atoms with Gasteiger partial charge in [-0.1, -0.05) is 29.8 Å². The monoisotopic (exact) mass is 317 g/mol. The van der Waals surface area contributed by atoms with Gasteiger partial charge in [-0.2, -0.15) is 0 Å². The Morgan fingerprint density at radius 1 is 1.23 bits per heavy atom. The largest absolute Gasteiger partial charge is 0.504 e.